The maximum absolute atomic E-state index is 13.0. The van der Waals surface area contributed by atoms with Crippen molar-refractivity contribution in [3.8, 4) is 6.07 Å². The third-order valence-electron chi connectivity index (χ3n) is 4.01. The summed E-state index contributed by atoms with van der Waals surface area (Å²) in [4.78, 5) is 13.5. The van der Waals surface area contributed by atoms with E-state index in [1.54, 1.807) is 18.2 Å². The van der Waals surface area contributed by atoms with Crippen molar-refractivity contribution in [2.75, 3.05) is 10.7 Å². The van der Waals surface area contributed by atoms with E-state index in [2.05, 4.69) is 0 Å². The lowest BCUT2D eigenvalue weighted by molar-refractivity contribution is -0.115. The van der Waals surface area contributed by atoms with E-state index in [4.69, 9.17) is 0 Å². The standard InChI is InChI=1S/C19H16N2O3S2/c1-13-8-9-14(2)16(10-13)21-18(22)12-25-19(21)17(11-20)26(23,24)15-6-4-3-5-7-15/h3-10H,12H2,1-2H3. The highest BCUT2D eigenvalue weighted by molar-refractivity contribution is 8.05. The maximum atomic E-state index is 13.0. The van der Waals surface area contributed by atoms with E-state index < -0.39 is 14.7 Å². The van der Waals surface area contributed by atoms with Gasteiger partial charge < -0.3 is 0 Å². The zero-order valence-electron chi connectivity index (χ0n) is 14.3. The number of carbonyl (C=O) groups is 1. The van der Waals surface area contributed by atoms with Crippen molar-refractivity contribution in [1.29, 1.82) is 5.26 Å². The van der Waals surface area contributed by atoms with Crippen LogP contribution >= 0.6 is 11.8 Å². The van der Waals surface area contributed by atoms with Gasteiger partial charge in [-0.15, -0.1) is 0 Å². The second kappa shape index (κ2) is 6.98. The van der Waals surface area contributed by atoms with Gasteiger partial charge in [0.15, 0.2) is 4.91 Å². The number of nitriles is 1. The number of allylic oxidation sites excluding steroid dienone is 1. The molecule has 26 heavy (non-hydrogen) atoms. The molecule has 0 radical (unpaired) electrons. The summed E-state index contributed by atoms with van der Waals surface area (Å²) >= 11 is 1.08. The van der Waals surface area contributed by atoms with Gasteiger partial charge in [-0.1, -0.05) is 42.1 Å². The van der Waals surface area contributed by atoms with Crippen LogP contribution < -0.4 is 4.90 Å². The van der Waals surface area contributed by atoms with Gasteiger partial charge in [0.1, 0.15) is 11.1 Å². The predicted molar refractivity (Wildman–Crippen MR) is 102 cm³/mol. The lowest BCUT2D eigenvalue weighted by Gasteiger charge is -2.21. The first-order valence-corrected chi connectivity index (χ1v) is 10.3. The Morgan fingerprint density at radius 1 is 1.15 bits per heavy atom. The van der Waals surface area contributed by atoms with E-state index in [9.17, 15) is 18.5 Å². The van der Waals surface area contributed by atoms with E-state index in [0.29, 0.717) is 5.69 Å². The van der Waals surface area contributed by atoms with Gasteiger partial charge in [0, 0.05) is 0 Å². The molecule has 5 nitrogen and oxygen atoms in total. The molecule has 0 atom stereocenters. The molecule has 3 rings (SSSR count). The molecule has 2 aromatic carbocycles. The first-order chi connectivity index (χ1) is 12.4. The molecule has 0 bridgehead atoms. The van der Waals surface area contributed by atoms with Crippen molar-refractivity contribution in [3.05, 3.63) is 69.6 Å². The normalized spacial score (nSPS) is 16.5. The maximum Gasteiger partial charge on any atom is 0.242 e. The Morgan fingerprint density at radius 2 is 1.85 bits per heavy atom. The highest BCUT2D eigenvalue weighted by Gasteiger charge is 2.36. The predicted octanol–water partition coefficient (Wildman–Crippen LogP) is 3.55. The number of nitrogens with zero attached hydrogens (tertiary/aromatic N) is 2. The van der Waals surface area contributed by atoms with E-state index in [1.165, 1.54) is 17.0 Å². The van der Waals surface area contributed by atoms with Crippen LogP contribution in [0.25, 0.3) is 0 Å². The van der Waals surface area contributed by atoms with Crippen LogP contribution in [-0.4, -0.2) is 20.1 Å². The second-order valence-corrected chi connectivity index (χ2v) is 8.72. The summed E-state index contributed by atoms with van der Waals surface area (Å²) in [6.45, 7) is 3.74. The monoisotopic (exact) mass is 384 g/mol. The van der Waals surface area contributed by atoms with E-state index in [1.807, 2.05) is 38.1 Å². The molecule has 0 N–H and O–H groups in total. The molecule has 0 saturated carbocycles. The Balaban J connectivity index is 2.23. The molecule has 0 unspecified atom stereocenters. The number of rotatable bonds is 3. The molecule has 2 aromatic rings. The number of hydrogen-bond acceptors (Lipinski definition) is 5. The van der Waals surface area contributed by atoms with Gasteiger partial charge in [0.25, 0.3) is 0 Å². The molecule has 132 valence electrons. The SMILES string of the molecule is Cc1ccc(C)c(N2C(=O)CSC2=C(C#N)S(=O)(=O)c2ccccc2)c1. The number of benzene rings is 2. The van der Waals surface area contributed by atoms with Crippen LogP contribution in [-0.2, 0) is 14.6 Å². The van der Waals surface area contributed by atoms with Crippen molar-refractivity contribution >= 4 is 33.2 Å². The summed E-state index contributed by atoms with van der Waals surface area (Å²) in [6, 6.07) is 15.2. The second-order valence-electron chi connectivity index (χ2n) is 5.87. The smallest absolute Gasteiger partial charge is 0.242 e. The lowest BCUT2D eigenvalue weighted by Crippen LogP contribution is -2.26. The van der Waals surface area contributed by atoms with Crippen molar-refractivity contribution in [2.24, 2.45) is 0 Å². The van der Waals surface area contributed by atoms with Crippen LogP contribution in [0.5, 0.6) is 0 Å². The summed E-state index contributed by atoms with van der Waals surface area (Å²) in [5.41, 5.74) is 2.38. The largest absolute Gasteiger partial charge is 0.273 e. The number of thioether (sulfide) groups is 1. The Hall–Kier alpha value is -2.56. The molecule has 1 heterocycles. The Labute approximate surface area is 156 Å². The molecule has 0 aromatic heterocycles. The van der Waals surface area contributed by atoms with Crippen molar-refractivity contribution in [3.63, 3.8) is 0 Å². The number of aryl methyl sites for hydroxylation is 2. The van der Waals surface area contributed by atoms with Gasteiger partial charge in [-0.2, -0.15) is 5.26 Å². The molecule has 1 aliphatic heterocycles. The van der Waals surface area contributed by atoms with Crippen molar-refractivity contribution < 1.29 is 13.2 Å². The molecule has 1 aliphatic rings. The molecular formula is C19H16N2O3S2. The molecule has 1 amide bonds. The van der Waals surface area contributed by atoms with Crippen LogP contribution in [0.3, 0.4) is 0 Å². The van der Waals surface area contributed by atoms with Crippen LogP contribution in [0.15, 0.2) is 63.4 Å². The topological polar surface area (TPSA) is 78.2 Å². The highest BCUT2D eigenvalue weighted by Crippen LogP contribution is 2.40. The zero-order valence-corrected chi connectivity index (χ0v) is 15.9. The fourth-order valence-corrected chi connectivity index (χ4v) is 5.28. The van der Waals surface area contributed by atoms with Gasteiger partial charge >= 0.3 is 0 Å². The third-order valence-corrected chi connectivity index (χ3v) is 6.90. The third kappa shape index (κ3) is 3.14. The van der Waals surface area contributed by atoms with Crippen LogP contribution in [0.2, 0.25) is 0 Å². The molecule has 7 heteroatoms. The van der Waals surface area contributed by atoms with Crippen molar-refractivity contribution in [2.45, 2.75) is 18.7 Å². The van der Waals surface area contributed by atoms with Crippen LogP contribution in [0.4, 0.5) is 5.69 Å². The summed E-state index contributed by atoms with van der Waals surface area (Å²) in [6.07, 6.45) is 0. The van der Waals surface area contributed by atoms with E-state index in [-0.39, 0.29) is 21.6 Å². The van der Waals surface area contributed by atoms with Gasteiger partial charge in [-0.25, -0.2) is 8.42 Å². The number of hydrogen-bond donors (Lipinski definition) is 0. The fraction of sp³-hybridized carbons (Fsp3) is 0.158. The van der Waals surface area contributed by atoms with Crippen molar-refractivity contribution in [1.82, 2.24) is 0 Å². The number of anilines is 1. The van der Waals surface area contributed by atoms with Gasteiger partial charge in [0.2, 0.25) is 15.7 Å². The molecule has 0 aliphatic carbocycles. The molecule has 1 saturated heterocycles. The Morgan fingerprint density at radius 3 is 2.50 bits per heavy atom. The molecule has 1 fully saturated rings. The highest BCUT2D eigenvalue weighted by atomic mass is 32.2. The fourth-order valence-electron chi connectivity index (χ4n) is 2.68. The first kappa shape index (κ1) is 18.2. The van der Waals surface area contributed by atoms with Gasteiger partial charge in [-0.3, -0.25) is 9.69 Å². The van der Waals surface area contributed by atoms with Crippen LogP contribution in [0.1, 0.15) is 11.1 Å². The zero-order chi connectivity index (χ0) is 18.9. The Kier molecular flexibility index (Phi) is 4.90. The lowest BCUT2D eigenvalue weighted by atomic mass is 10.1. The Bertz CT molecular complexity index is 1050. The summed E-state index contributed by atoms with van der Waals surface area (Å²) in [5, 5.41) is 9.78. The summed E-state index contributed by atoms with van der Waals surface area (Å²) < 4.78 is 25.9. The van der Waals surface area contributed by atoms with E-state index in [0.717, 1.165) is 22.9 Å². The first-order valence-electron chi connectivity index (χ1n) is 7.84. The molecule has 0 spiro atoms. The minimum absolute atomic E-state index is 0.0323. The minimum Gasteiger partial charge on any atom is -0.273 e. The average molecular weight is 384 g/mol. The minimum atomic E-state index is -4.02. The molecular weight excluding hydrogens is 368 g/mol. The number of sulfone groups is 1. The average Bonchev–Trinajstić information content (AvgIpc) is 2.99. The summed E-state index contributed by atoms with van der Waals surface area (Å²) in [7, 11) is -4.02. The van der Waals surface area contributed by atoms with E-state index >= 15 is 0 Å². The number of carbonyl (C=O) groups excluding carboxylic acids is 1. The van der Waals surface area contributed by atoms with Gasteiger partial charge in [-0.05, 0) is 43.2 Å². The van der Waals surface area contributed by atoms with Gasteiger partial charge in [0.05, 0.1) is 16.3 Å². The van der Waals surface area contributed by atoms with Crippen LogP contribution in [0, 0.1) is 25.2 Å². The number of amides is 1. The quantitative estimate of drug-likeness (QED) is 0.756. The summed E-state index contributed by atoms with van der Waals surface area (Å²) in [5.74, 6) is -0.146.